The molecule has 2 aromatic carbocycles. The zero-order valence-corrected chi connectivity index (χ0v) is 18.6. The predicted molar refractivity (Wildman–Crippen MR) is 113 cm³/mol. The molecule has 1 unspecified atom stereocenters. The van der Waals surface area contributed by atoms with Crippen molar-refractivity contribution in [3.05, 3.63) is 48.0 Å². The number of thioether (sulfide) groups is 1. The van der Waals surface area contributed by atoms with Crippen LogP contribution >= 0.6 is 11.8 Å². The number of amides is 1. The Hall–Kier alpha value is -3.48. The number of halogens is 3. The largest absolute Gasteiger partial charge is 0.573 e. The second-order valence-corrected chi connectivity index (χ2v) is 7.89. The van der Waals surface area contributed by atoms with E-state index in [2.05, 4.69) is 25.6 Å². The van der Waals surface area contributed by atoms with Crippen LogP contribution in [-0.2, 0) is 11.3 Å². The lowest BCUT2D eigenvalue weighted by Gasteiger charge is -2.13. The van der Waals surface area contributed by atoms with Gasteiger partial charge < -0.3 is 19.5 Å². The molecule has 0 radical (unpaired) electrons. The molecule has 0 aliphatic carbocycles. The van der Waals surface area contributed by atoms with Crippen LogP contribution in [0.15, 0.2) is 47.6 Å². The zero-order valence-electron chi connectivity index (χ0n) is 17.8. The van der Waals surface area contributed by atoms with Gasteiger partial charge in [-0.05, 0) is 59.3 Å². The van der Waals surface area contributed by atoms with Gasteiger partial charge in [0.25, 0.3) is 0 Å². The maximum atomic E-state index is 12.6. The summed E-state index contributed by atoms with van der Waals surface area (Å²) in [7, 11) is 3.07. The van der Waals surface area contributed by atoms with Gasteiger partial charge in [-0.1, -0.05) is 17.8 Å². The maximum Gasteiger partial charge on any atom is 0.573 e. The Morgan fingerprint density at radius 3 is 2.45 bits per heavy atom. The SMILES string of the molecule is COc1ccc(CNC(=O)C(C)Sc2nnnn2-c2ccc(OC(F)(F)F)cc2)cc1OC. The topological polar surface area (TPSA) is 100 Å². The Bertz CT molecular complexity index is 1090. The number of nitrogens with zero attached hydrogens (tertiary/aromatic N) is 4. The van der Waals surface area contributed by atoms with Crippen molar-refractivity contribution < 1.29 is 32.2 Å². The fraction of sp³-hybridized carbons (Fsp3) is 0.300. The molecule has 0 spiro atoms. The summed E-state index contributed by atoms with van der Waals surface area (Å²) in [5.41, 5.74) is 1.24. The average Bonchev–Trinajstić information content (AvgIpc) is 3.24. The summed E-state index contributed by atoms with van der Waals surface area (Å²) in [4.78, 5) is 12.6. The van der Waals surface area contributed by atoms with Gasteiger partial charge in [0.05, 0.1) is 25.2 Å². The van der Waals surface area contributed by atoms with E-state index < -0.39 is 11.6 Å². The Balaban J connectivity index is 1.61. The van der Waals surface area contributed by atoms with E-state index in [9.17, 15) is 18.0 Å². The van der Waals surface area contributed by atoms with Gasteiger partial charge in [-0.25, -0.2) is 0 Å². The Kier molecular flexibility index (Phi) is 7.63. The second kappa shape index (κ2) is 10.4. The van der Waals surface area contributed by atoms with Gasteiger partial charge in [-0.15, -0.1) is 18.3 Å². The van der Waals surface area contributed by atoms with E-state index in [1.807, 2.05) is 6.07 Å². The molecule has 0 aliphatic heterocycles. The van der Waals surface area contributed by atoms with Gasteiger partial charge in [-0.3, -0.25) is 4.79 Å². The minimum Gasteiger partial charge on any atom is -0.493 e. The molecule has 0 saturated heterocycles. The van der Waals surface area contributed by atoms with Crippen molar-refractivity contribution in [3.63, 3.8) is 0 Å². The van der Waals surface area contributed by atoms with E-state index in [0.717, 1.165) is 29.5 Å². The molecule has 1 heterocycles. The second-order valence-electron chi connectivity index (χ2n) is 6.58. The third kappa shape index (κ3) is 6.51. The van der Waals surface area contributed by atoms with Crippen LogP contribution in [0.3, 0.4) is 0 Å². The number of methoxy groups -OCH3 is 2. The number of carbonyl (C=O) groups is 1. The minimum atomic E-state index is -4.78. The first-order valence-corrected chi connectivity index (χ1v) is 10.4. The molecule has 3 rings (SSSR count). The fourth-order valence-corrected chi connectivity index (χ4v) is 3.57. The molecular formula is C20H20F3N5O4S. The summed E-state index contributed by atoms with van der Waals surface area (Å²) < 4.78 is 52.6. The van der Waals surface area contributed by atoms with Crippen LogP contribution in [0.1, 0.15) is 12.5 Å². The van der Waals surface area contributed by atoms with E-state index in [-0.39, 0.29) is 18.2 Å². The van der Waals surface area contributed by atoms with Gasteiger partial charge in [0.2, 0.25) is 11.1 Å². The number of alkyl halides is 3. The monoisotopic (exact) mass is 483 g/mol. The summed E-state index contributed by atoms with van der Waals surface area (Å²) >= 11 is 1.10. The van der Waals surface area contributed by atoms with Crippen LogP contribution in [0.4, 0.5) is 13.2 Å². The molecule has 3 aromatic rings. The molecule has 0 fully saturated rings. The van der Waals surface area contributed by atoms with Gasteiger partial charge in [0, 0.05) is 6.54 Å². The molecule has 13 heteroatoms. The highest BCUT2D eigenvalue weighted by molar-refractivity contribution is 8.00. The lowest BCUT2D eigenvalue weighted by molar-refractivity contribution is -0.274. The van der Waals surface area contributed by atoms with Crippen molar-refractivity contribution in [3.8, 4) is 22.9 Å². The van der Waals surface area contributed by atoms with Crippen LogP contribution < -0.4 is 19.5 Å². The van der Waals surface area contributed by atoms with E-state index in [4.69, 9.17) is 9.47 Å². The number of hydrogen-bond acceptors (Lipinski definition) is 8. The number of aromatic nitrogens is 4. The van der Waals surface area contributed by atoms with Crippen molar-refractivity contribution in [1.29, 1.82) is 0 Å². The van der Waals surface area contributed by atoms with Gasteiger partial charge in [-0.2, -0.15) is 4.68 Å². The normalized spacial score (nSPS) is 12.2. The van der Waals surface area contributed by atoms with Crippen molar-refractivity contribution in [2.45, 2.75) is 30.2 Å². The van der Waals surface area contributed by atoms with E-state index in [1.165, 1.54) is 31.0 Å². The highest BCUT2D eigenvalue weighted by atomic mass is 32.2. The van der Waals surface area contributed by atoms with Crippen LogP contribution in [-0.4, -0.2) is 51.9 Å². The van der Waals surface area contributed by atoms with Gasteiger partial charge >= 0.3 is 6.36 Å². The summed E-state index contributed by atoms with van der Waals surface area (Å²) in [5, 5.41) is 13.9. The molecule has 1 atom stereocenters. The number of hydrogen-bond donors (Lipinski definition) is 1. The molecule has 1 N–H and O–H groups in total. The summed E-state index contributed by atoms with van der Waals surface area (Å²) in [6, 6.07) is 10.4. The highest BCUT2D eigenvalue weighted by Crippen LogP contribution is 2.28. The average molecular weight is 483 g/mol. The quantitative estimate of drug-likeness (QED) is 0.463. The van der Waals surface area contributed by atoms with Crippen molar-refractivity contribution in [1.82, 2.24) is 25.5 Å². The molecule has 33 heavy (non-hydrogen) atoms. The maximum absolute atomic E-state index is 12.6. The Morgan fingerprint density at radius 2 is 1.82 bits per heavy atom. The Labute approximate surface area is 191 Å². The number of rotatable bonds is 9. The summed E-state index contributed by atoms with van der Waals surface area (Å²) in [6.07, 6.45) is -4.78. The predicted octanol–water partition coefficient (Wildman–Crippen LogP) is 3.38. The molecule has 1 aromatic heterocycles. The first-order valence-electron chi connectivity index (χ1n) is 9.50. The molecule has 0 aliphatic rings. The number of benzene rings is 2. The van der Waals surface area contributed by atoms with Crippen LogP contribution in [0.25, 0.3) is 5.69 Å². The fourth-order valence-electron chi connectivity index (χ4n) is 2.74. The molecular weight excluding hydrogens is 463 g/mol. The minimum absolute atomic E-state index is 0.252. The first-order chi connectivity index (χ1) is 15.7. The smallest absolute Gasteiger partial charge is 0.493 e. The zero-order chi connectivity index (χ0) is 24.0. The lowest BCUT2D eigenvalue weighted by atomic mass is 10.2. The van der Waals surface area contributed by atoms with Crippen molar-refractivity contribution >= 4 is 17.7 Å². The third-order valence-electron chi connectivity index (χ3n) is 4.32. The Morgan fingerprint density at radius 1 is 1.12 bits per heavy atom. The first kappa shape index (κ1) is 24.2. The molecule has 0 bridgehead atoms. The molecule has 176 valence electrons. The number of carbonyl (C=O) groups excluding carboxylic acids is 1. The lowest BCUT2D eigenvalue weighted by Crippen LogP contribution is -2.30. The standard InChI is InChI=1S/C20H20F3N5O4S/c1-12(18(29)24-11-13-4-9-16(30-2)17(10-13)31-3)33-19-25-26-27-28(19)14-5-7-15(8-6-14)32-20(21,22)23/h4-10,12H,11H2,1-3H3,(H,24,29). The van der Waals surface area contributed by atoms with E-state index >= 15 is 0 Å². The molecule has 0 saturated carbocycles. The molecule has 9 nitrogen and oxygen atoms in total. The van der Waals surface area contributed by atoms with E-state index in [1.54, 1.807) is 19.1 Å². The number of nitrogens with one attached hydrogen (secondary N) is 1. The van der Waals surface area contributed by atoms with Crippen molar-refractivity contribution in [2.24, 2.45) is 0 Å². The van der Waals surface area contributed by atoms with E-state index in [0.29, 0.717) is 22.3 Å². The van der Waals surface area contributed by atoms with Crippen LogP contribution in [0.2, 0.25) is 0 Å². The van der Waals surface area contributed by atoms with Crippen molar-refractivity contribution in [2.75, 3.05) is 14.2 Å². The number of tetrazole rings is 1. The molecule has 1 amide bonds. The van der Waals surface area contributed by atoms with Gasteiger partial charge in [0.15, 0.2) is 11.5 Å². The highest BCUT2D eigenvalue weighted by Gasteiger charge is 2.31. The van der Waals surface area contributed by atoms with Crippen LogP contribution in [0.5, 0.6) is 17.2 Å². The number of ether oxygens (including phenoxy) is 3. The van der Waals surface area contributed by atoms with Crippen LogP contribution in [0, 0.1) is 0 Å². The van der Waals surface area contributed by atoms with Gasteiger partial charge in [0.1, 0.15) is 5.75 Å². The summed E-state index contributed by atoms with van der Waals surface area (Å²) in [6.45, 7) is 1.96. The summed E-state index contributed by atoms with van der Waals surface area (Å²) in [5.74, 6) is 0.522. The third-order valence-corrected chi connectivity index (χ3v) is 5.35.